The second-order valence-electron chi connectivity index (χ2n) is 16.4. The molecular formula is C51H56Cl2N4O2S. The molecule has 1 N–H and O–H groups in total. The van der Waals surface area contributed by atoms with Crippen LogP contribution in [0.15, 0.2) is 146 Å². The smallest absolute Gasteiger partial charge is 0.211 e. The van der Waals surface area contributed by atoms with E-state index in [2.05, 4.69) is 138 Å². The van der Waals surface area contributed by atoms with Crippen LogP contribution in [-0.2, 0) is 36.0 Å². The zero-order valence-corrected chi connectivity index (χ0v) is 37.2. The van der Waals surface area contributed by atoms with E-state index in [4.69, 9.17) is 23.2 Å². The molecule has 0 aromatic heterocycles. The van der Waals surface area contributed by atoms with Crippen molar-refractivity contribution < 1.29 is 8.42 Å². The van der Waals surface area contributed by atoms with Gasteiger partial charge < -0.3 is 5.32 Å². The van der Waals surface area contributed by atoms with Crippen LogP contribution in [0.1, 0.15) is 33.4 Å². The van der Waals surface area contributed by atoms with Crippen LogP contribution in [0, 0.1) is 13.8 Å². The highest BCUT2D eigenvalue weighted by atomic mass is 35.5. The monoisotopic (exact) mass is 858 g/mol. The number of nitrogens with zero attached hydrogens (tertiary/aromatic N) is 3. The number of piperazine rings is 2. The molecule has 0 bridgehead atoms. The quantitative estimate of drug-likeness (QED) is 0.141. The van der Waals surface area contributed by atoms with Gasteiger partial charge in [0, 0.05) is 85.6 Å². The van der Waals surface area contributed by atoms with E-state index in [1.54, 1.807) is 4.31 Å². The maximum atomic E-state index is 12.4. The lowest BCUT2D eigenvalue weighted by Gasteiger charge is -2.40. The topological polar surface area (TPSA) is 55.9 Å². The standard InChI is InChI=1S/C26H29ClN2O2S.C25H27ClN2/c1-20-8-13-26(27)25(16-20)23-11-9-22(10-12-23)18-28-14-15-29(32(2,30)31)24(19-28)17-21-6-4-3-5-7-21;1-19-7-12-25(26)24(15-19)22-10-8-21(9-11-22)17-28-14-13-27-23(18-28)16-20-5-3-2-4-6-20/h3-13,16,24H,14-15,17-19H2,1-2H3;2-12,15,23,27H,13-14,16-18H2,1H3/t24-;23-/m11/s1. The zero-order valence-electron chi connectivity index (χ0n) is 34.9. The third-order valence-electron chi connectivity index (χ3n) is 11.5. The summed E-state index contributed by atoms with van der Waals surface area (Å²) < 4.78 is 26.4. The van der Waals surface area contributed by atoms with E-state index in [-0.39, 0.29) is 6.04 Å². The van der Waals surface area contributed by atoms with Gasteiger partial charge in [0.1, 0.15) is 0 Å². The van der Waals surface area contributed by atoms with E-state index >= 15 is 0 Å². The lowest BCUT2D eigenvalue weighted by molar-refractivity contribution is 0.129. The van der Waals surface area contributed by atoms with Crippen LogP contribution in [0.3, 0.4) is 0 Å². The van der Waals surface area contributed by atoms with E-state index in [1.807, 2.05) is 36.4 Å². The summed E-state index contributed by atoms with van der Waals surface area (Å²) in [7, 11) is -3.24. The lowest BCUT2D eigenvalue weighted by atomic mass is 10.0. The zero-order chi connectivity index (χ0) is 42.1. The summed E-state index contributed by atoms with van der Waals surface area (Å²) >= 11 is 12.8. The van der Waals surface area contributed by atoms with Gasteiger partial charge in [-0.3, -0.25) is 9.80 Å². The summed E-state index contributed by atoms with van der Waals surface area (Å²) in [4.78, 5) is 4.91. The Labute approximate surface area is 367 Å². The molecule has 6 aromatic carbocycles. The average Bonchev–Trinajstić information content (AvgIpc) is 3.24. The molecular weight excluding hydrogens is 804 g/mol. The Morgan fingerprint density at radius 1 is 0.567 bits per heavy atom. The molecule has 0 saturated carbocycles. The van der Waals surface area contributed by atoms with Gasteiger partial charge >= 0.3 is 0 Å². The number of halogens is 2. The van der Waals surface area contributed by atoms with Crippen LogP contribution in [0.25, 0.3) is 22.3 Å². The van der Waals surface area contributed by atoms with E-state index in [1.165, 1.54) is 39.6 Å². The molecule has 0 aliphatic carbocycles. The first-order chi connectivity index (χ1) is 29.0. The molecule has 2 aliphatic heterocycles. The third kappa shape index (κ3) is 12.2. The first kappa shape index (κ1) is 43.8. The fraction of sp³-hybridized carbons (Fsp3) is 0.294. The van der Waals surface area contributed by atoms with Crippen molar-refractivity contribution in [2.24, 2.45) is 0 Å². The SMILES string of the molecule is Cc1ccc(Cl)c(-c2ccc(CN3CCN(S(C)(=O)=O)[C@H](Cc4ccccc4)C3)cc2)c1.Cc1ccc(Cl)c(-c2ccc(CN3CCN[C@H](Cc4ccccc4)C3)cc2)c1. The minimum atomic E-state index is -3.24. The van der Waals surface area contributed by atoms with Gasteiger partial charge in [0.2, 0.25) is 10.0 Å². The van der Waals surface area contributed by atoms with Gasteiger partial charge in [-0.25, -0.2) is 8.42 Å². The van der Waals surface area contributed by atoms with E-state index < -0.39 is 10.0 Å². The van der Waals surface area contributed by atoms with Crippen molar-refractivity contribution in [1.29, 1.82) is 0 Å². The summed E-state index contributed by atoms with van der Waals surface area (Å²) in [5.41, 5.74) is 12.0. The van der Waals surface area contributed by atoms with E-state index in [0.29, 0.717) is 19.1 Å². The minimum Gasteiger partial charge on any atom is -0.311 e. The molecule has 0 spiro atoms. The second kappa shape index (κ2) is 20.5. The molecule has 60 heavy (non-hydrogen) atoms. The van der Waals surface area contributed by atoms with Crippen LogP contribution in [0.4, 0.5) is 0 Å². The highest BCUT2D eigenvalue weighted by Gasteiger charge is 2.33. The average molecular weight is 860 g/mol. The van der Waals surface area contributed by atoms with Crippen LogP contribution >= 0.6 is 23.2 Å². The first-order valence-corrected chi connectivity index (χ1v) is 23.5. The Kier molecular flexibility index (Phi) is 15.0. The molecule has 0 unspecified atom stereocenters. The molecule has 2 aliphatic rings. The van der Waals surface area contributed by atoms with Gasteiger partial charge in [-0.2, -0.15) is 4.31 Å². The Bertz CT molecular complexity index is 2410. The van der Waals surface area contributed by atoms with E-state index in [9.17, 15) is 8.42 Å². The Balaban J connectivity index is 0.000000183. The lowest BCUT2D eigenvalue weighted by Crippen LogP contribution is -2.55. The van der Waals surface area contributed by atoms with Crippen LogP contribution in [0.5, 0.6) is 0 Å². The second-order valence-corrected chi connectivity index (χ2v) is 19.1. The molecule has 8 rings (SSSR count). The molecule has 2 atom stereocenters. The number of hydrogen-bond acceptors (Lipinski definition) is 5. The number of sulfonamides is 1. The number of aryl methyl sites for hydroxylation is 2. The van der Waals surface area contributed by atoms with Gasteiger partial charge in [0.05, 0.1) is 6.26 Å². The van der Waals surface area contributed by atoms with Crippen LogP contribution in [0.2, 0.25) is 10.0 Å². The third-order valence-corrected chi connectivity index (χ3v) is 13.5. The van der Waals surface area contributed by atoms with Gasteiger partial charge in [-0.1, -0.05) is 156 Å². The van der Waals surface area contributed by atoms with Crippen molar-refractivity contribution >= 4 is 33.2 Å². The summed E-state index contributed by atoms with van der Waals surface area (Å²) in [6.45, 7) is 11.1. The number of nitrogens with one attached hydrogen (secondary N) is 1. The highest BCUT2D eigenvalue weighted by molar-refractivity contribution is 7.88. The maximum Gasteiger partial charge on any atom is 0.211 e. The largest absolute Gasteiger partial charge is 0.311 e. The minimum absolute atomic E-state index is 0.0634. The van der Waals surface area contributed by atoms with Gasteiger partial charge in [-0.15, -0.1) is 0 Å². The van der Waals surface area contributed by atoms with Crippen molar-refractivity contribution in [3.05, 3.63) is 189 Å². The summed E-state index contributed by atoms with van der Waals surface area (Å²) in [6.07, 6.45) is 3.12. The molecule has 0 amide bonds. The van der Waals surface area contributed by atoms with Crippen molar-refractivity contribution in [3.8, 4) is 22.3 Å². The predicted octanol–water partition coefficient (Wildman–Crippen LogP) is 10.3. The van der Waals surface area contributed by atoms with E-state index in [0.717, 1.165) is 84.4 Å². The summed E-state index contributed by atoms with van der Waals surface area (Å²) in [5.74, 6) is 0. The number of benzene rings is 6. The molecule has 6 aromatic rings. The van der Waals surface area contributed by atoms with Crippen LogP contribution in [-0.4, -0.2) is 80.1 Å². The Morgan fingerprint density at radius 2 is 1.05 bits per heavy atom. The maximum absolute atomic E-state index is 12.4. The van der Waals surface area contributed by atoms with Crippen molar-refractivity contribution in [2.45, 2.75) is 51.9 Å². The van der Waals surface area contributed by atoms with Crippen molar-refractivity contribution in [1.82, 2.24) is 19.4 Å². The predicted molar refractivity (Wildman–Crippen MR) is 251 cm³/mol. The summed E-state index contributed by atoms with van der Waals surface area (Å²) in [6, 6.07) is 51.0. The normalized spacial score (nSPS) is 17.8. The van der Waals surface area contributed by atoms with Crippen molar-refractivity contribution in [3.63, 3.8) is 0 Å². The van der Waals surface area contributed by atoms with Gasteiger partial charge in [0.15, 0.2) is 0 Å². The first-order valence-electron chi connectivity index (χ1n) is 20.9. The fourth-order valence-electron chi connectivity index (χ4n) is 8.43. The molecule has 9 heteroatoms. The molecule has 0 radical (unpaired) electrons. The summed E-state index contributed by atoms with van der Waals surface area (Å²) in [5, 5.41) is 5.23. The number of rotatable bonds is 11. The molecule has 2 heterocycles. The fourth-order valence-corrected chi connectivity index (χ4v) is 9.97. The molecule has 6 nitrogen and oxygen atoms in total. The Hall–Kier alpha value is -4.31. The highest BCUT2D eigenvalue weighted by Crippen LogP contribution is 2.31. The Morgan fingerprint density at radius 3 is 1.55 bits per heavy atom. The van der Waals surface area contributed by atoms with Crippen LogP contribution < -0.4 is 5.32 Å². The molecule has 2 saturated heterocycles. The number of hydrogen-bond donors (Lipinski definition) is 1. The molecule has 2 fully saturated rings. The van der Waals surface area contributed by atoms with Gasteiger partial charge in [-0.05, 0) is 84.3 Å². The van der Waals surface area contributed by atoms with Crippen molar-refractivity contribution in [2.75, 3.05) is 45.5 Å². The van der Waals surface area contributed by atoms with Gasteiger partial charge in [0.25, 0.3) is 0 Å². The molecule has 312 valence electrons.